The van der Waals surface area contributed by atoms with Gasteiger partial charge >= 0.3 is 20.2 Å². The third kappa shape index (κ3) is 6.44. The van der Waals surface area contributed by atoms with Crippen molar-refractivity contribution in [1.82, 2.24) is 0 Å². The average Bonchev–Trinajstić information content (AvgIpc) is 3.32. The van der Waals surface area contributed by atoms with Crippen molar-refractivity contribution in [3.8, 4) is 11.5 Å². The number of alkyl halides is 1. The summed E-state index contributed by atoms with van der Waals surface area (Å²) in [5, 5.41) is 27.8. The Morgan fingerprint density at radius 3 is 2.29 bits per heavy atom. The van der Waals surface area contributed by atoms with Crippen molar-refractivity contribution in [1.29, 1.82) is 0 Å². The molecule has 0 aromatic heterocycles. The van der Waals surface area contributed by atoms with Crippen molar-refractivity contribution in [3.63, 3.8) is 0 Å². The number of carbonyl (C=O) groups is 1. The van der Waals surface area contributed by atoms with Gasteiger partial charge < -0.3 is 33.9 Å². The summed E-state index contributed by atoms with van der Waals surface area (Å²) in [5.74, 6) is 0.266. The number of rotatable bonds is 4. The lowest BCUT2D eigenvalue weighted by Gasteiger charge is -2.14. The minimum Gasteiger partial charge on any atom is -0.508 e. The van der Waals surface area contributed by atoms with Gasteiger partial charge in [0, 0.05) is 0 Å². The SMILES string of the molecule is CCOC(=O)C(C)Oc1ccc2c(c1)B(O)OC2.OB1OCc2ccc(O)cc21.[2H]CF. The van der Waals surface area contributed by atoms with Crippen LogP contribution in [0.5, 0.6) is 11.5 Å². The molecule has 8 nitrogen and oxygen atoms in total. The Balaban J connectivity index is 0.000000220. The van der Waals surface area contributed by atoms with Gasteiger partial charge in [0.25, 0.3) is 0 Å². The molecule has 11 heteroatoms. The normalized spacial score (nSPS) is 14.8. The minimum atomic E-state index is -1.00. The maximum atomic E-state index is 11.4. The number of hydrogen-bond acceptors (Lipinski definition) is 8. The lowest BCUT2D eigenvalue weighted by Crippen LogP contribution is -2.29. The molecule has 4 rings (SSSR count). The molecular weight excluding hydrogens is 409 g/mol. The zero-order chi connectivity index (χ0) is 23.7. The van der Waals surface area contributed by atoms with Crippen LogP contribution in [-0.2, 0) is 32.1 Å². The molecule has 31 heavy (non-hydrogen) atoms. The van der Waals surface area contributed by atoms with Gasteiger partial charge in [0.15, 0.2) is 6.10 Å². The molecule has 0 fully saturated rings. The van der Waals surface area contributed by atoms with E-state index in [2.05, 4.69) is 0 Å². The molecule has 3 N–H and O–H groups in total. The van der Waals surface area contributed by atoms with E-state index < -0.39 is 33.5 Å². The first-order valence-corrected chi connectivity index (χ1v) is 9.53. The lowest BCUT2D eigenvalue weighted by molar-refractivity contribution is -0.150. The first kappa shape index (κ1) is 23.1. The largest absolute Gasteiger partial charge is 0.508 e. The number of halogens is 1. The molecule has 2 aromatic rings. The summed E-state index contributed by atoms with van der Waals surface area (Å²) < 4.78 is 35.8. The summed E-state index contributed by atoms with van der Waals surface area (Å²) in [4.78, 5) is 11.4. The highest BCUT2D eigenvalue weighted by atomic mass is 19.1. The number of benzene rings is 2. The Hall–Kier alpha value is -2.59. The third-order valence-electron chi connectivity index (χ3n) is 4.50. The van der Waals surface area contributed by atoms with E-state index in [1.54, 1.807) is 38.1 Å². The Morgan fingerprint density at radius 2 is 1.71 bits per heavy atom. The van der Waals surface area contributed by atoms with Crippen molar-refractivity contribution >= 4 is 31.1 Å². The molecule has 0 spiro atoms. The van der Waals surface area contributed by atoms with E-state index in [-0.39, 0.29) is 5.75 Å². The second-order valence-electron chi connectivity index (χ2n) is 6.58. The Kier molecular flexibility index (Phi) is 8.72. The Morgan fingerprint density at radius 1 is 1.16 bits per heavy atom. The molecule has 0 bridgehead atoms. The van der Waals surface area contributed by atoms with Crippen LogP contribution in [0.2, 0.25) is 0 Å². The second-order valence-corrected chi connectivity index (χ2v) is 6.58. The number of carbonyl (C=O) groups excluding carboxylic acids is 1. The number of ether oxygens (including phenoxy) is 2. The molecule has 0 saturated heterocycles. The van der Waals surface area contributed by atoms with Gasteiger partial charge in [0.05, 0.1) is 28.3 Å². The van der Waals surface area contributed by atoms with Crippen molar-refractivity contribution in [3.05, 3.63) is 47.5 Å². The van der Waals surface area contributed by atoms with Crippen LogP contribution in [0, 0.1) is 0 Å². The minimum absolute atomic E-state index is 0.160. The zero-order valence-corrected chi connectivity index (χ0v) is 17.3. The van der Waals surface area contributed by atoms with E-state index in [9.17, 15) is 19.2 Å². The summed E-state index contributed by atoms with van der Waals surface area (Å²) in [7, 11) is -2.78. The standard InChI is InChI=1S/C12H15BO5.C7H7BO3.CH3F/c1-3-16-12(14)8(2)18-10-5-4-9-7-17-13(15)11(9)6-10;9-6-2-1-5-4-11-8(10)7(5)3-6;1-2/h4-6,8,15H,3,7H2,1-2H3;1-3,9-10H,4H2;1H3/i;;1D. The van der Waals surface area contributed by atoms with Crippen LogP contribution in [-0.4, -0.2) is 55.2 Å². The van der Waals surface area contributed by atoms with Gasteiger partial charge in [-0.3, -0.25) is 4.39 Å². The topological polar surface area (TPSA) is 115 Å². The average molecular weight is 435 g/mol. The van der Waals surface area contributed by atoms with Gasteiger partial charge in [0.2, 0.25) is 0 Å². The van der Waals surface area contributed by atoms with Crippen LogP contribution >= 0.6 is 0 Å². The van der Waals surface area contributed by atoms with E-state index in [1.165, 1.54) is 6.07 Å². The van der Waals surface area contributed by atoms with Crippen molar-refractivity contribution in [2.75, 3.05) is 13.8 Å². The quantitative estimate of drug-likeness (QED) is 0.468. The van der Waals surface area contributed by atoms with Crippen LogP contribution in [0.4, 0.5) is 4.39 Å². The molecular formula is C20H25B2FO8. The van der Waals surface area contributed by atoms with Crippen LogP contribution in [0.15, 0.2) is 36.4 Å². The number of hydrogen-bond donors (Lipinski definition) is 3. The van der Waals surface area contributed by atoms with Gasteiger partial charge in [-0.15, -0.1) is 0 Å². The molecule has 0 saturated carbocycles. The highest BCUT2D eigenvalue weighted by molar-refractivity contribution is 6.62. The summed E-state index contributed by atoms with van der Waals surface area (Å²) in [6.45, 7) is 4.51. The lowest BCUT2D eigenvalue weighted by atomic mass is 9.79. The number of phenolic OH excluding ortho intramolecular Hbond substituents is 1. The summed E-state index contributed by atoms with van der Waals surface area (Å²) in [6.07, 6.45) is -0.678. The highest BCUT2D eigenvalue weighted by Gasteiger charge is 2.28. The molecule has 2 heterocycles. The maximum Gasteiger partial charge on any atom is 0.491 e. The van der Waals surface area contributed by atoms with Crippen LogP contribution < -0.4 is 15.7 Å². The molecule has 0 amide bonds. The summed E-state index contributed by atoms with van der Waals surface area (Å²) in [6, 6.07) is 10.1. The monoisotopic (exact) mass is 435 g/mol. The fourth-order valence-corrected chi connectivity index (χ4v) is 2.98. The van der Waals surface area contributed by atoms with Gasteiger partial charge in [0.1, 0.15) is 11.5 Å². The van der Waals surface area contributed by atoms with Crippen LogP contribution in [0.3, 0.4) is 0 Å². The maximum absolute atomic E-state index is 11.4. The smallest absolute Gasteiger partial charge is 0.491 e. The second kappa shape index (κ2) is 11.7. The van der Waals surface area contributed by atoms with E-state index in [4.69, 9.17) is 25.3 Å². The molecule has 2 aliphatic heterocycles. The van der Waals surface area contributed by atoms with E-state index in [1.807, 2.05) is 6.07 Å². The molecule has 2 aliphatic rings. The summed E-state index contributed by atoms with van der Waals surface area (Å²) in [5.41, 5.74) is 3.22. The van der Waals surface area contributed by atoms with Crippen LogP contribution in [0.25, 0.3) is 0 Å². The van der Waals surface area contributed by atoms with E-state index >= 15 is 0 Å². The predicted octanol–water partition coefficient (Wildman–Crippen LogP) is 0.430. The molecule has 0 aliphatic carbocycles. The Bertz CT molecular complexity index is 904. The molecule has 2 aromatic carbocycles. The molecule has 1 atom stereocenters. The number of esters is 1. The first-order chi connectivity index (χ1) is 15.3. The molecule has 1 unspecified atom stereocenters. The van der Waals surface area contributed by atoms with Crippen molar-refractivity contribution in [2.45, 2.75) is 33.2 Å². The van der Waals surface area contributed by atoms with Crippen LogP contribution in [0.1, 0.15) is 26.3 Å². The van der Waals surface area contributed by atoms with Crippen molar-refractivity contribution < 1.29 is 44.5 Å². The number of phenols is 1. The number of aromatic hydroxyl groups is 1. The predicted molar refractivity (Wildman–Crippen MR) is 113 cm³/mol. The van der Waals surface area contributed by atoms with Gasteiger partial charge in [-0.1, -0.05) is 12.1 Å². The summed E-state index contributed by atoms with van der Waals surface area (Å²) >= 11 is 0. The van der Waals surface area contributed by atoms with Gasteiger partial charge in [-0.25, -0.2) is 4.79 Å². The van der Waals surface area contributed by atoms with Crippen molar-refractivity contribution in [2.24, 2.45) is 0 Å². The Labute approximate surface area is 182 Å². The first-order valence-electron chi connectivity index (χ1n) is 10.2. The van der Waals surface area contributed by atoms with E-state index in [0.29, 0.717) is 36.5 Å². The van der Waals surface area contributed by atoms with Gasteiger partial charge in [-0.2, -0.15) is 0 Å². The zero-order valence-electron chi connectivity index (χ0n) is 18.3. The molecule has 166 valence electrons. The highest BCUT2D eigenvalue weighted by Crippen LogP contribution is 2.18. The number of fused-ring (bicyclic) bond motifs is 2. The fourth-order valence-electron chi connectivity index (χ4n) is 2.98. The molecule has 0 radical (unpaired) electrons. The third-order valence-corrected chi connectivity index (χ3v) is 4.50. The fraction of sp³-hybridized carbons (Fsp3) is 0.350. The van der Waals surface area contributed by atoms with Gasteiger partial charge in [-0.05, 0) is 60.2 Å². The van der Waals surface area contributed by atoms with E-state index in [0.717, 1.165) is 11.1 Å².